The fraction of sp³-hybridized carbons (Fsp3) is 0.933. The SMILES string of the molecule is NCC1(C(=O)N2CCCN(CCO)CC2)CCCCC1. The van der Waals surface area contributed by atoms with Gasteiger partial charge in [0.15, 0.2) is 0 Å². The normalized spacial score (nSPS) is 24.4. The van der Waals surface area contributed by atoms with Crippen molar-refractivity contribution in [2.24, 2.45) is 11.1 Å². The first-order valence-electron chi connectivity index (χ1n) is 8.04. The molecule has 5 heteroatoms. The van der Waals surface area contributed by atoms with Gasteiger partial charge in [0.05, 0.1) is 12.0 Å². The zero-order chi connectivity index (χ0) is 14.4. The van der Waals surface area contributed by atoms with Crippen molar-refractivity contribution in [2.75, 3.05) is 45.9 Å². The molecule has 1 amide bonds. The number of hydrogen-bond acceptors (Lipinski definition) is 4. The monoisotopic (exact) mass is 283 g/mol. The second kappa shape index (κ2) is 7.38. The van der Waals surface area contributed by atoms with Gasteiger partial charge in [0.25, 0.3) is 0 Å². The van der Waals surface area contributed by atoms with Gasteiger partial charge in [-0.3, -0.25) is 9.69 Å². The van der Waals surface area contributed by atoms with Crippen molar-refractivity contribution in [3.8, 4) is 0 Å². The lowest BCUT2D eigenvalue weighted by atomic mass is 9.73. The van der Waals surface area contributed by atoms with Crippen LogP contribution < -0.4 is 5.73 Å². The number of β-amino-alcohol motifs (C(OH)–C–C–N with tert-alkyl or cyclic N) is 1. The van der Waals surface area contributed by atoms with Gasteiger partial charge in [-0.05, 0) is 25.8 Å². The second-order valence-electron chi connectivity index (χ2n) is 6.26. The highest BCUT2D eigenvalue weighted by Crippen LogP contribution is 2.37. The minimum absolute atomic E-state index is 0.195. The summed E-state index contributed by atoms with van der Waals surface area (Å²) >= 11 is 0. The lowest BCUT2D eigenvalue weighted by Crippen LogP contribution is -2.50. The largest absolute Gasteiger partial charge is 0.395 e. The molecule has 1 saturated carbocycles. The van der Waals surface area contributed by atoms with E-state index >= 15 is 0 Å². The van der Waals surface area contributed by atoms with E-state index in [1.165, 1.54) is 6.42 Å². The molecule has 1 aliphatic heterocycles. The minimum Gasteiger partial charge on any atom is -0.395 e. The highest BCUT2D eigenvalue weighted by molar-refractivity contribution is 5.83. The van der Waals surface area contributed by atoms with Crippen molar-refractivity contribution in [1.29, 1.82) is 0 Å². The molecule has 1 saturated heterocycles. The maximum atomic E-state index is 12.9. The molecule has 0 unspecified atom stereocenters. The predicted octanol–water partition coefficient (Wildman–Crippen LogP) is 0.422. The van der Waals surface area contributed by atoms with E-state index in [1.807, 2.05) is 4.90 Å². The zero-order valence-corrected chi connectivity index (χ0v) is 12.5. The third-order valence-electron chi connectivity index (χ3n) is 4.95. The third kappa shape index (κ3) is 3.51. The molecule has 20 heavy (non-hydrogen) atoms. The average Bonchev–Trinajstić information content (AvgIpc) is 2.73. The number of aliphatic hydroxyl groups excluding tert-OH is 1. The molecule has 0 spiro atoms. The number of rotatable bonds is 4. The summed E-state index contributed by atoms with van der Waals surface area (Å²) < 4.78 is 0. The van der Waals surface area contributed by atoms with E-state index in [2.05, 4.69) is 4.90 Å². The summed E-state index contributed by atoms with van der Waals surface area (Å²) in [5.41, 5.74) is 5.68. The van der Waals surface area contributed by atoms with Gasteiger partial charge < -0.3 is 15.7 Å². The van der Waals surface area contributed by atoms with Crippen LogP contribution in [0, 0.1) is 5.41 Å². The second-order valence-corrected chi connectivity index (χ2v) is 6.26. The lowest BCUT2D eigenvalue weighted by molar-refractivity contribution is -0.143. The fourth-order valence-corrected chi connectivity index (χ4v) is 3.61. The van der Waals surface area contributed by atoms with Gasteiger partial charge in [-0.2, -0.15) is 0 Å². The fourth-order valence-electron chi connectivity index (χ4n) is 3.61. The molecule has 2 fully saturated rings. The summed E-state index contributed by atoms with van der Waals surface area (Å²) in [4.78, 5) is 17.2. The number of carbonyl (C=O) groups excluding carboxylic acids is 1. The minimum atomic E-state index is -0.287. The number of hydrogen-bond donors (Lipinski definition) is 2. The Morgan fingerprint density at radius 3 is 2.45 bits per heavy atom. The van der Waals surface area contributed by atoms with E-state index in [4.69, 9.17) is 10.8 Å². The van der Waals surface area contributed by atoms with Gasteiger partial charge in [-0.15, -0.1) is 0 Å². The van der Waals surface area contributed by atoms with Crippen molar-refractivity contribution in [1.82, 2.24) is 9.80 Å². The van der Waals surface area contributed by atoms with Crippen LogP contribution in [0.5, 0.6) is 0 Å². The van der Waals surface area contributed by atoms with Crippen LogP contribution in [-0.4, -0.2) is 66.7 Å². The van der Waals surface area contributed by atoms with E-state index in [1.54, 1.807) is 0 Å². The molecular weight excluding hydrogens is 254 g/mol. The topological polar surface area (TPSA) is 69.8 Å². The number of nitrogens with zero attached hydrogens (tertiary/aromatic N) is 2. The zero-order valence-electron chi connectivity index (χ0n) is 12.5. The van der Waals surface area contributed by atoms with E-state index in [0.717, 1.165) is 58.3 Å². The van der Waals surface area contributed by atoms with Gasteiger partial charge in [0.2, 0.25) is 5.91 Å². The standard InChI is InChI=1S/C15H29N3O2/c16-13-15(5-2-1-3-6-15)14(20)18-8-4-7-17(9-10-18)11-12-19/h19H,1-13,16H2. The molecule has 3 N–H and O–H groups in total. The van der Waals surface area contributed by atoms with Gasteiger partial charge in [0.1, 0.15) is 0 Å². The Morgan fingerprint density at radius 1 is 1.05 bits per heavy atom. The molecule has 0 atom stereocenters. The van der Waals surface area contributed by atoms with Crippen LogP contribution in [0.4, 0.5) is 0 Å². The Labute approximate surface area is 122 Å². The van der Waals surface area contributed by atoms with Crippen molar-refractivity contribution in [2.45, 2.75) is 38.5 Å². The smallest absolute Gasteiger partial charge is 0.230 e. The Kier molecular flexibility index (Phi) is 5.81. The quantitative estimate of drug-likeness (QED) is 0.784. The molecule has 1 aliphatic carbocycles. The number of amides is 1. The van der Waals surface area contributed by atoms with Crippen molar-refractivity contribution >= 4 is 5.91 Å². The van der Waals surface area contributed by atoms with Crippen molar-refractivity contribution in [3.05, 3.63) is 0 Å². The van der Waals surface area contributed by atoms with Crippen LogP contribution >= 0.6 is 0 Å². The predicted molar refractivity (Wildman–Crippen MR) is 79.3 cm³/mol. The van der Waals surface area contributed by atoms with Crippen LogP contribution in [-0.2, 0) is 4.79 Å². The number of nitrogens with two attached hydrogens (primary N) is 1. The Balaban J connectivity index is 1.97. The average molecular weight is 283 g/mol. The summed E-state index contributed by atoms with van der Waals surface area (Å²) in [6.45, 7) is 4.85. The number of aliphatic hydroxyl groups is 1. The Morgan fingerprint density at radius 2 is 1.80 bits per heavy atom. The maximum Gasteiger partial charge on any atom is 0.230 e. The van der Waals surface area contributed by atoms with Crippen LogP contribution in [0.2, 0.25) is 0 Å². The molecule has 2 rings (SSSR count). The van der Waals surface area contributed by atoms with Gasteiger partial charge in [-0.1, -0.05) is 19.3 Å². The highest BCUT2D eigenvalue weighted by atomic mass is 16.3. The van der Waals surface area contributed by atoms with Crippen molar-refractivity contribution in [3.63, 3.8) is 0 Å². The molecule has 116 valence electrons. The van der Waals surface area contributed by atoms with Crippen LogP contribution in [0.1, 0.15) is 38.5 Å². The van der Waals surface area contributed by atoms with E-state index < -0.39 is 0 Å². The maximum absolute atomic E-state index is 12.9. The summed E-state index contributed by atoms with van der Waals surface area (Å²) in [6, 6.07) is 0. The molecular formula is C15H29N3O2. The first-order chi connectivity index (χ1) is 9.72. The summed E-state index contributed by atoms with van der Waals surface area (Å²) in [5, 5.41) is 9.03. The molecule has 1 heterocycles. The van der Waals surface area contributed by atoms with E-state index in [9.17, 15) is 4.79 Å². The van der Waals surface area contributed by atoms with Gasteiger partial charge in [-0.25, -0.2) is 0 Å². The summed E-state index contributed by atoms with van der Waals surface area (Å²) in [5.74, 6) is 0.283. The van der Waals surface area contributed by atoms with Crippen LogP contribution in [0.15, 0.2) is 0 Å². The molecule has 0 aromatic heterocycles. The van der Waals surface area contributed by atoms with E-state index in [-0.39, 0.29) is 17.9 Å². The van der Waals surface area contributed by atoms with Crippen molar-refractivity contribution < 1.29 is 9.90 Å². The molecule has 0 aromatic rings. The van der Waals surface area contributed by atoms with Crippen LogP contribution in [0.3, 0.4) is 0 Å². The molecule has 0 radical (unpaired) electrons. The molecule has 0 bridgehead atoms. The molecule has 5 nitrogen and oxygen atoms in total. The molecule has 0 aromatic carbocycles. The highest BCUT2D eigenvalue weighted by Gasteiger charge is 2.40. The third-order valence-corrected chi connectivity index (χ3v) is 4.95. The first-order valence-corrected chi connectivity index (χ1v) is 8.04. The number of carbonyl (C=O) groups is 1. The van der Waals surface area contributed by atoms with Gasteiger partial charge >= 0.3 is 0 Å². The van der Waals surface area contributed by atoms with Gasteiger partial charge in [0, 0.05) is 32.7 Å². The summed E-state index contributed by atoms with van der Waals surface area (Å²) in [6.07, 6.45) is 6.41. The summed E-state index contributed by atoms with van der Waals surface area (Å²) in [7, 11) is 0. The lowest BCUT2D eigenvalue weighted by Gasteiger charge is -2.38. The Hall–Kier alpha value is -0.650. The Bertz CT molecular complexity index is 316. The van der Waals surface area contributed by atoms with E-state index in [0.29, 0.717) is 13.1 Å². The first kappa shape index (κ1) is 15.7. The molecule has 2 aliphatic rings. The van der Waals surface area contributed by atoms with Crippen LogP contribution in [0.25, 0.3) is 0 Å².